The number of nitro benzene ring substituents is 1. The van der Waals surface area contributed by atoms with Crippen LogP contribution in [0.2, 0.25) is 0 Å². The van der Waals surface area contributed by atoms with Gasteiger partial charge in [-0.1, -0.05) is 42.5 Å². The van der Waals surface area contributed by atoms with Crippen molar-refractivity contribution in [2.24, 2.45) is 0 Å². The van der Waals surface area contributed by atoms with Gasteiger partial charge in [-0.2, -0.15) is 0 Å². The molecular formula is C15H13FN2O5S. The van der Waals surface area contributed by atoms with Gasteiger partial charge in [-0.3, -0.25) is 14.9 Å². The molecule has 0 fully saturated rings. The first kappa shape index (κ1) is 17.5. The zero-order valence-electron chi connectivity index (χ0n) is 12.5. The van der Waals surface area contributed by atoms with Crippen LogP contribution in [0, 0.1) is 10.1 Å². The van der Waals surface area contributed by atoms with Gasteiger partial charge >= 0.3 is 0 Å². The molecule has 0 bridgehead atoms. The van der Waals surface area contributed by atoms with Crippen molar-refractivity contribution in [1.82, 2.24) is 4.31 Å². The lowest BCUT2D eigenvalue weighted by Crippen LogP contribution is -2.36. The Labute approximate surface area is 137 Å². The zero-order chi connectivity index (χ0) is 17.9. The van der Waals surface area contributed by atoms with Crippen LogP contribution in [0.3, 0.4) is 0 Å². The molecule has 0 radical (unpaired) electrons. The molecule has 2 rings (SSSR count). The highest BCUT2D eigenvalue weighted by Crippen LogP contribution is 2.28. The summed E-state index contributed by atoms with van der Waals surface area (Å²) in [6, 6.07) is 11.9. The summed E-state index contributed by atoms with van der Waals surface area (Å²) in [7, 11) is -3.70. The van der Waals surface area contributed by atoms with E-state index in [0.29, 0.717) is 0 Å². The summed E-state index contributed by atoms with van der Waals surface area (Å²) >= 11 is 0. The van der Waals surface area contributed by atoms with Crippen molar-refractivity contribution < 1.29 is 22.5 Å². The molecule has 9 heteroatoms. The molecule has 0 spiro atoms. The number of likely N-dealkylation sites (N-methyl/N-ethyl adjacent to an activating group) is 1. The van der Waals surface area contributed by atoms with Crippen LogP contribution in [0.1, 0.15) is 11.7 Å². The quantitative estimate of drug-likeness (QED) is 0.608. The van der Waals surface area contributed by atoms with Crippen molar-refractivity contribution in [2.75, 3.05) is 7.05 Å². The van der Waals surface area contributed by atoms with Gasteiger partial charge < -0.3 is 0 Å². The highest BCUT2D eigenvalue weighted by Gasteiger charge is 2.35. The normalized spacial score (nSPS) is 12.4. The predicted octanol–water partition coefficient (Wildman–Crippen LogP) is 2.45. The largest absolute Gasteiger partial charge is 0.289 e. The third kappa shape index (κ3) is 3.25. The van der Waals surface area contributed by atoms with Crippen molar-refractivity contribution in [2.45, 2.75) is 11.1 Å². The van der Waals surface area contributed by atoms with Crippen molar-refractivity contribution in [1.29, 1.82) is 0 Å². The Morgan fingerprint density at radius 2 is 1.67 bits per heavy atom. The molecule has 1 amide bonds. The summed E-state index contributed by atoms with van der Waals surface area (Å²) in [6.45, 7) is 0. The monoisotopic (exact) mass is 352 g/mol. The topological polar surface area (TPSA) is 97.6 Å². The summed E-state index contributed by atoms with van der Waals surface area (Å²) in [5, 5.41) is 11.0. The Morgan fingerprint density at radius 1 is 1.12 bits per heavy atom. The Hall–Kier alpha value is -2.81. The lowest BCUT2D eigenvalue weighted by atomic mass is 10.1. The average Bonchev–Trinajstić information content (AvgIpc) is 2.60. The second-order valence-corrected chi connectivity index (χ2v) is 6.75. The molecule has 24 heavy (non-hydrogen) atoms. The number of hydrogen-bond donors (Lipinski definition) is 0. The molecule has 1 atom stereocenters. The van der Waals surface area contributed by atoms with E-state index >= 15 is 0 Å². The van der Waals surface area contributed by atoms with Gasteiger partial charge in [0.25, 0.3) is 21.6 Å². The van der Waals surface area contributed by atoms with Gasteiger partial charge in [0.15, 0.2) is 4.90 Å². The molecule has 0 aliphatic heterocycles. The second-order valence-electron chi connectivity index (χ2n) is 4.81. The number of hydrogen-bond acceptors (Lipinski definition) is 5. The molecule has 0 aliphatic carbocycles. The number of rotatable bonds is 5. The molecule has 7 nitrogen and oxygen atoms in total. The molecule has 2 aromatic rings. The summed E-state index contributed by atoms with van der Waals surface area (Å²) in [5.74, 6) is -1.33. The first-order valence-electron chi connectivity index (χ1n) is 6.72. The number of benzene rings is 2. The summed E-state index contributed by atoms with van der Waals surface area (Å²) in [5.41, 5.74) is -0.695. The van der Waals surface area contributed by atoms with E-state index in [0.717, 1.165) is 19.2 Å². The third-order valence-corrected chi connectivity index (χ3v) is 5.12. The fraction of sp³-hybridized carbons (Fsp3) is 0.133. The van der Waals surface area contributed by atoms with Crippen LogP contribution in [-0.2, 0) is 14.8 Å². The van der Waals surface area contributed by atoms with Crippen molar-refractivity contribution >= 4 is 21.6 Å². The number of carbonyl (C=O) groups is 1. The maximum atomic E-state index is 14.3. The van der Waals surface area contributed by atoms with Crippen LogP contribution < -0.4 is 0 Å². The highest BCUT2D eigenvalue weighted by atomic mass is 32.2. The van der Waals surface area contributed by atoms with Crippen molar-refractivity contribution in [3.63, 3.8) is 0 Å². The lowest BCUT2D eigenvalue weighted by Gasteiger charge is -2.19. The van der Waals surface area contributed by atoms with Crippen LogP contribution in [-0.4, -0.2) is 30.6 Å². The molecule has 2 aromatic carbocycles. The number of amides is 1. The van der Waals surface area contributed by atoms with E-state index in [1.807, 2.05) is 0 Å². The molecule has 0 aromatic heterocycles. The molecule has 0 saturated heterocycles. The van der Waals surface area contributed by atoms with E-state index in [1.54, 1.807) is 6.07 Å². The van der Waals surface area contributed by atoms with Crippen molar-refractivity contribution in [3.05, 3.63) is 70.3 Å². The van der Waals surface area contributed by atoms with E-state index < -0.39 is 37.6 Å². The van der Waals surface area contributed by atoms with Gasteiger partial charge in [0.2, 0.25) is 6.17 Å². The van der Waals surface area contributed by atoms with Crippen LogP contribution in [0.4, 0.5) is 10.1 Å². The first-order chi connectivity index (χ1) is 11.3. The fourth-order valence-corrected chi connectivity index (χ4v) is 3.30. The lowest BCUT2D eigenvalue weighted by molar-refractivity contribution is -0.387. The molecule has 0 aliphatic rings. The molecule has 0 heterocycles. The van der Waals surface area contributed by atoms with Gasteiger partial charge in [-0.25, -0.2) is 17.1 Å². The number of halogens is 1. The van der Waals surface area contributed by atoms with E-state index in [-0.39, 0.29) is 9.87 Å². The molecule has 0 saturated carbocycles. The van der Waals surface area contributed by atoms with Crippen molar-refractivity contribution in [3.8, 4) is 0 Å². The van der Waals surface area contributed by atoms with Gasteiger partial charge in [-0.15, -0.1) is 0 Å². The van der Waals surface area contributed by atoms with Gasteiger partial charge in [0, 0.05) is 13.1 Å². The smallest absolute Gasteiger partial charge is 0.270 e. The summed E-state index contributed by atoms with van der Waals surface area (Å²) in [6.07, 6.45) is -2.20. The summed E-state index contributed by atoms with van der Waals surface area (Å²) in [4.78, 5) is 21.6. The van der Waals surface area contributed by atoms with E-state index in [1.165, 1.54) is 36.4 Å². The minimum atomic E-state index is -4.56. The Balaban J connectivity index is 2.40. The van der Waals surface area contributed by atoms with E-state index in [2.05, 4.69) is 0 Å². The summed E-state index contributed by atoms with van der Waals surface area (Å²) < 4.78 is 39.4. The maximum Gasteiger partial charge on any atom is 0.289 e. The van der Waals surface area contributed by atoms with Gasteiger partial charge in [0.1, 0.15) is 0 Å². The molecule has 1 unspecified atom stereocenters. The minimum absolute atomic E-state index is 0.00730. The fourth-order valence-electron chi connectivity index (χ4n) is 2.02. The highest BCUT2D eigenvalue weighted by molar-refractivity contribution is 7.89. The number of nitro groups is 1. The number of nitrogens with zero attached hydrogens (tertiary/aromatic N) is 2. The predicted molar refractivity (Wildman–Crippen MR) is 83.3 cm³/mol. The number of sulfonamides is 1. The van der Waals surface area contributed by atoms with Crippen LogP contribution in [0.5, 0.6) is 0 Å². The minimum Gasteiger partial charge on any atom is -0.270 e. The van der Waals surface area contributed by atoms with E-state index in [9.17, 15) is 27.7 Å². The number of alkyl halides is 1. The standard InChI is InChI=1S/C15H13FN2O5S/c1-17(15(19)14(16)11-7-3-2-4-8-11)24(22,23)13-10-6-5-9-12(13)18(20)21/h2-10,14H,1H3. The molecule has 0 N–H and O–H groups in total. The number of para-hydroxylation sites is 1. The molecule has 126 valence electrons. The van der Waals surface area contributed by atoms with Gasteiger partial charge in [0.05, 0.1) is 4.92 Å². The molecular weight excluding hydrogens is 339 g/mol. The first-order valence-corrected chi connectivity index (χ1v) is 8.16. The SMILES string of the molecule is CN(C(=O)C(F)c1ccccc1)S(=O)(=O)c1ccccc1[N+](=O)[O-]. The second kappa shape index (κ2) is 6.75. The van der Waals surface area contributed by atoms with Crippen LogP contribution in [0.15, 0.2) is 59.5 Å². The number of carbonyl (C=O) groups excluding carboxylic acids is 1. The third-order valence-electron chi connectivity index (χ3n) is 3.32. The van der Waals surface area contributed by atoms with Gasteiger partial charge in [-0.05, 0) is 11.6 Å². The average molecular weight is 352 g/mol. The Bertz CT molecular complexity index is 870. The van der Waals surface area contributed by atoms with Crippen LogP contribution in [0.25, 0.3) is 0 Å². The Kier molecular flexibility index (Phi) is 4.93. The van der Waals surface area contributed by atoms with E-state index in [4.69, 9.17) is 0 Å². The zero-order valence-corrected chi connectivity index (χ0v) is 13.3. The Morgan fingerprint density at radius 3 is 2.25 bits per heavy atom. The van der Waals surface area contributed by atoms with Crippen LogP contribution >= 0.6 is 0 Å². The maximum absolute atomic E-state index is 14.3.